The first kappa shape index (κ1) is 21.3. The minimum atomic E-state index is -3.53. The molecule has 0 spiro atoms. The van der Waals surface area contributed by atoms with Crippen LogP contribution in [0.4, 0.5) is 0 Å². The lowest BCUT2D eigenvalue weighted by atomic mass is 10.2. The topological polar surface area (TPSA) is 109 Å². The van der Waals surface area contributed by atoms with Gasteiger partial charge in [0, 0.05) is 26.2 Å². The van der Waals surface area contributed by atoms with Crippen LogP contribution >= 0.6 is 0 Å². The lowest BCUT2D eigenvalue weighted by Gasteiger charge is -2.23. The summed E-state index contributed by atoms with van der Waals surface area (Å²) in [6.45, 7) is 6.50. The molecule has 1 fully saturated rings. The number of rotatable bonds is 12. The Bertz CT molecular complexity index is 452. The van der Waals surface area contributed by atoms with Gasteiger partial charge in [0.15, 0.2) is 5.44 Å². The van der Waals surface area contributed by atoms with Crippen molar-refractivity contribution < 1.29 is 17.9 Å². The summed E-state index contributed by atoms with van der Waals surface area (Å²) in [4.78, 5) is 11.9. The van der Waals surface area contributed by atoms with E-state index in [2.05, 4.69) is 27.6 Å². The first-order chi connectivity index (χ1) is 11.5. The summed E-state index contributed by atoms with van der Waals surface area (Å²) in [5.41, 5.74) is -0.870. The lowest BCUT2D eigenvalue weighted by Crippen LogP contribution is -2.49. The molecule has 1 amide bonds. The monoisotopic (exact) mass is 364 g/mol. The van der Waals surface area contributed by atoms with Gasteiger partial charge >= 0.3 is 0 Å². The van der Waals surface area contributed by atoms with E-state index in [9.17, 15) is 13.2 Å². The van der Waals surface area contributed by atoms with Crippen LogP contribution in [0.1, 0.15) is 39.5 Å². The van der Waals surface area contributed by atoms with Crippen molar-refractivity contribution >= 4 is 15.9 Å². The minimum Gasteiger partial charge on any atom is -0.358 e. The summed E-state index contributed by atoms with van der Waals surface area (Å²) >= 11 is 0. The van der Waals surface area contributed by atoms with Crippen molar-refractivity contribution in [3.63, 3.8) is 0 Å². The van der Waals surface area contributed by atoms with Crippen LogP contribution in [0.25, 0.3) is 0 Å². The second-order valence-electron chi connectivity index (χ2n) is 5.97. The number of hydrogen-bond donors (Lipinski definition) is 4. The second kappa shape index (κ2) is 11.8. The Balaban J connectivity index is 2.13. The highest BCUT2D eigenvalue weighted by Crippen LogP contribution is 2.03. The van der Waals surface area contributed by atoms with Gasteiger partial charge in [-0.3, -0.25) is 4.79 Å². The summed E-state index contributed by atoms with van der Waals surface area (Å²) < 4.78 is 31.7. The van der Waals surface area contributed by atoms with Crippen LogP contribution < -0.4 is 20.7 Å². The van der Waals surface area contributed by atoms with Crippen LogP contribution in [0, 0.1) is 0 Å². The average Bonchev–Trinajstić information content (AvgIpc) is 2.59. The Morgan fingerprint density at radius 1 is 1.25 bits per heavy atom. The van der Waals surface area contributed by atoms with Crippen LogP contribution in [0.5, 0.6) is 0 Å². The molecule has 8 nitrogen and oxygen atoms in total. The highest BCUT2D eigenvalue weighted by atomic mass is 32.2. The van der Waals surface area contributed by atoms with Crippen LogP contribution in [-0.2, 0) is 19.6 Å². The third kappa shape index (κ3) is 8.39. The van der Waals surface area contributed by atoms with Gasteiger partial charge in [0.25, 0.3) is 0 Å². The highest BCUT2D eigenvalue weighted by Gasteiger charge is 2.27. The maximum atomic E-state index is 12.0. The van der Waals surface area contributed by atoms with E-state index in [-0.39, 0.29) is 31.6 Å². The quantitative estimate of drug-likeness (QED) is 0.349. The van der Waals surface area contributed by atoms with Crippen molar-refractivity contribution in [1.82, 2.24) is 20.7 Å². The zero-order chi connectivity index (χ0) is 17.8. The standard InChI is InChI=1S/C15H32N4O4S/c1-3-4-5-6-7-17-13(2)15(20)18-8-9-19-24(21,22)14-12-16-10-11-23-14/h13-14,16-17,19H,3-12H2,1-2H3,(H,18,20)/t13-,14?/m0/s1. The Kier molecular flexibility index (Phi) is 10.4. The molecule has 142 valence electrons. The molecule has 1 aliphatic heterocycles. The van der Waals surface area contributed by atoms with Crippen molar-refractivity contribution in [3.8, 4) is 0 Å². The minimum absolute atomic E-state index is 0.125. The first-order valence-corrected chi connectivity index (χ1v) is 10.3. The predicted octanol–water partition coefficient (Wildman–Crippen LogP) is -0.474. The molecule has 0 aromatic carbocycles. The largest absolute Gasteiger partial charge is 0.358 e. The second-order valence-corrected chi connectivity index (χ2v) is 7.88. The molecule has 1 saturated heterocycles. The Morgan fingerprint density at radius 2 is 2.04 bits per heavy atom. The number of carbonyl (C=O) groups is 1. The number of carbonyl (C=O) groups excluding carboxylic acids is 1. The van der Waals surface area contributed by atoms with E-state index in [1.54, 1.807) is 6.92 Å². The van der Waals surface area contributed by atoms with Gasteiger partial charge in [-0.15, -0.1) is 0 Å². The number of unbranched alkanes of at least 4 members (excludes halogenated alkanes) is 3. The molecule has 24 heavy (non-hydrogen) atoms. The predicted molar refractivity (Wildman–Crippen MR) is 94.1 cm³/mol. The van der Waals surface area contributed by atoms with E-state index in [1.807, 2.05) is 0 Å². The number of sulfonamides is 1. The van der Waals surface area contributed by atoms with Gasteiger partial charge in [-0.25, -0.2) is 13.1 Å². The van der Waals surface area contributed by atoms with Gasteiger partial charge in [0.2, 0.25) is 15.9 Å². The molecule has 1 unspecified atom stereocenters. The van der Waals surface area contributed by atoms with E-state index in [4.69, 9.17) is 4.74 Å². The van der Waals surface area contributed by atoms with Gasteiger partial charge in [0.05, 0.1) is 12.6 Å². The van der Waals surface area contributed by atoms with E-state index in [0.717, 1.165) is 19.4 Å². The van der Waals surface area contributed by atoms with Crippen molar-refractivity contribution in [2.75, 3.05) is 39.3 Å². The Labute approximate surface area is 145 Å². The third-order valence-corrected chi connectivity index (χ3v) is 5.44. The van der Waals surface area contributed by atoms with Crippen LogP contribution in [0.3, 0.4) is 0 Å². The molecule has 0 bridgehead atoms. The van der Waals surface area contributed by atoms with Crippen LogP contribution in [0.15, 0.2) is 0 Å². The van der Waals surface area contributed by atoms with Gasteiger partial charge in [-0.1, -0.05) is 26.2 Å². The average molecular weight is 365 g/mol. The number of amides is 1. The maximum absolute atomic E-state index is 12.0. The van der Waals surface area contributed by atoms with Crippen molar-refractivity contribution in [3.05, 3.63) is 0 Å². The molecule has 1 rings (SSSR count). The molecule has 1 heterocycles. The fourth-order valence-electron chi connectivity index (χ4n) is 2.33. The summed E-state index contributed by atoms with van der Waals surface area (Å²) in [5, 5.41) is 8.87. The van der Waals surface area contributed by atoms with Gasteiger partial charge < -0.3 is 20.7 Å². The molecule has 0 aliphatic carbocycles. The number of morpholine rings is 1. The molecule has 9 heteroatoms. The molecular weight excluding hydrogens is 332 g/mol. The summed E-state index contributed by atoms with van der Waals surface area (Å²) in [7, 11) is -3.53. The number of ether oxygens (including phenoxy) is 1. The fourth-order valence-corrected chi connectivity index (χ4v) is 3.51. The van der Waals surface area contributed by atoms with Crippen molar-refractivity contribution in [2.24, 2.45) is 0 Å². The highest BCUT2D eigenvalue weighted by molar-refractivity contribution is 7.90. The molecule has 0 radical (unpaired) electrons. The fraction of sp³-hybridized carbons (Fsp3) is 0.933. The molecule has 1 aliphatic rings. The SMILES string of the molecule is CCCCCCN[C@@H](C)C(=O)NCCNS(=O)(=O)C1CNCCO1. The zero-order valence-electron chi connectivity index (χ0n) is 14.8. The molecule has 2 atom stereocenters. The van der Waals surface area contributed by atoms with E-state index in [0.29, 0.717) is 13.2 Å². The first-order valence-electron chi connectivity index (χ1n) is 8.79. The molecule has 0 aromatic rings. The van der Waals surface area contributed by atoms with E-state index < -0.39 is 15.5 Å². The van der Waals surface area contributed by atoms with Crippen LogP contribution in [-0.4, -0.2) is 65.1 Å². The molecule has 4 N–H and O–H groups in total. The van der Waals surface area contributed by atoms with Crippen molar-refractivity contribution in [2.45, 2.75) is 51.0 Å². The van der Waals surface area contributed by atoms with Gasteiger partial charge in [-0.05, 0) is 19.9 Å². The zero-order valence-corrected chi connectivity index (χ0v) is 15.6. The number of nitrogens with one attached hydrogen (secondary N) is 4. The Morgan fingerprint density at radius 3 is 2.71 bits per heavy atom. The summed E-state index contributed by atoms with van der Waals surface area (Å²) in [6, 6.07) is -0.283. The molecule has 0 saturated carbocycles. The molecule has 0 aromatic heterocycles. The number of hydrogen-bond acceptors (Lipinski definition) is 6. The summed E-state index contributed by atoms with van der Waals surface area (Å²) in [6.07, 6.45) is 4.62. The van der Waals surface area contributed by atoms with Gasteiger partial charge in [0.1, 0.15) is 0 Å². The smallest absolute Gasteiger partial charge is 0.240 e. The molecular formula is C15H32N4O4S. The van der Waals surface area contributed by atoms with Crippen molar-refractivity contribution in [1.29, 1.82) is 0 Å². The van der Waals surface area contributed by atoms with E-state index >= 15 is 0 Å². The van der Waals surface area contributed by atoms with Gasteiger partial charge in [-0.2, -0.15) is 0 Å². The van der Waals surface area contributed by atoms with E-state index in [1.165, 1.54) is 12.8 Å². The summed E-state index contributed by atoms with van der Waals surface area (Å²) in [5.74, 6) is -0.125. The lowest BCUT2D eigenvalue weighted by molar-refractivity contribution is -0.122. The third-order valence-electron chi connectivity index (χ3n) is 3.84. The maximum Gasteiger partial charge on any atom is 0.240 e. The Hall–Kier alpha value is -0.740. The normalized spacial score (nSPS) is 19.8. The van der Waals surface area contributed by atoms with Crippen LogP contribution in [0.2, 0.25) is 0 Å².